The van der Waals surface area contributed by atoms with E-state index in [4.69, 9.17) is 6.42 Å². The summed E-state index contributed by atoms with van der Waals surface area (Å²) in [5.74, 6) is 2.70. The third kappa shape index (κ3) is 3.81. The maximum Gasteiger partial charge on any atom is 0.0772 e. The molecule has 0 heterocycles. The number of rotatable bonds is 4. The zero-order valence-electron chi connectivity index (χ0n) is 10.8. The molecule has 0 aromatic rings. The average molecular weight is 223 g/mol. The lowest BCUT2D eigenvalue weighted by atomic mass is 9.71. The molecule has 0 amide bonds. The molecule has 2 heteroatoms. The van der Waals surface area contributed by atoms with Crippen LogP contribution in [0.15, 0.2) is 0 Å². The van der Waals surface area contributed by atoms with Crippen molar-refractivity contribution in [1.82, 2.24) is 5.32 Å². The van der Waals surface area contributed by atoms with Crippen molar-refractivity contribution in [3.63, 3.8) is 0 Å². The van der Waals surface area contributed by atoms with Crippen LogP contribution in [0, 0.1) is 17.8 Å². The van der Waals surface area contributed by atoms with Gasteiger partial charge in [-0.3, -0.25) is 0 Å². The summed E-state index contributed by atoms with van der Waals surface area (Å²) in [6.07, 6.45) is 10.3. The van der Waals surface area contributed by atoms with E-state index in [1.54, 1.807) is 0 Å². The van der Waals surface area contributed by atoms with Gasteiger partial charge in [-0.15, -0.1) is 6.42 Å². The molecular formula is C14H25NO. The highest BCUT2D eigenvalue weighted by Crippen LogP contribution is 2.39. The fraction of sp³-hybridized carbons (Fsp3) is 0.857. The Morgan fingerprint density at radius 1 is 1.31 bits per heavy atom. The number of terminal acetylenes is 1. The predicted molar refractivity (Wildman–Crippen MR) is 68.1 cm³/mol. The minimum atomic E-state index is -0.542. The van der Waals surface area contributed by atoms with Gasteiger partial charge in [-0.25, -0.2) is 0 Å². The summed E-state index contributed by atoms with van der Waals surface area (Å²) in [4.78, 5) is 0. The highest BCUT2D eigenvalue weighted by atomic mass is 16.3. The molecule has 0 bridgehead atoms. The van der Waals surface area contributed by atoms with E-state index in [2.05, 4.69) is 32.0 Å². The SMILES string of the molecule is C#CC(CC)NCC1(O)CCC(C)(C)CC1. The highest BCUT2D eigenvalue weighted by Gasteiger charge is 2.36. The smallest absolute Gasteiger partial charge is 0.0772 e. The Hall–Kier alpha value is -0.520. The Morgan fingerprint density at radius 2 is 1.88 bits per heavy atom. The van der Waals surface area contributed by atoms with Crippen molar-refractivity contribution in [2.45, 2.75) is 64.5 Å². The highest BCUT2D eigenvalue weighted by molar-refractivity contribution is 5.00. The summed E-state index contributed by atoms with van der Waals surface area (Å²) < 4.78 is 0. The standard InChI is InChI=1S/C14H25NO/c1-5-12(6-2)15-11-14(16)9-7-13(3,4)8-10-14/h1,12,15-16H,6-11H2,2-4H3. The molecule has 0 spiro atoms. The minimum absolute atomic E-state index is 0.0963. The molecule has 0 radical (unpaired) electrons. The predicted octanol–water partition coefficient (Wildman–Crippen LogP) is 2.32. The molecule has 2 N–H and O–H groups in total. The molecule has 1 fully saturated rings. The Morgan fingerprint density at radius 3 is 2.31 bits per heavy atom. The van der Waals surface area contributed by atoms with E-state index in [0.717, 1.165) is 32.1 Å². The number of nitrogens with one attached hydrogen (secondary N) is 1. The van der Waals surface area contributed by atoms with Crippen LogP contribution < -0.4 is 5.32 Å². The number of aliphatic hydroxyl groups is 1. The first kappa shape index (κ1) is 13.5. The van der Waals surface area contributed by atoms with E-state index in [1.165, 1.54) is 0 Å². The summed E-state index contributed by atoms with van der Waals surface area (Å²) in [5.41, 5.74) is -0.151. The molecule has 1 aliphatic rings. The molecule has 1 unspecified atom stereocenters. The normalized spacial score (nSPS) is 24.7. The van der Waals surface area contributed by atoms with Crippen LogP contribution in [-0.2, 0) is 0 Å². The molecule has 1 atom stereocenters. The second kappa shape index (κ2) is 5.21. The van der Waals surface area contributed by atoms with Gasteiger partial charge in [0.2, 0.25) is 0 Å². The molecule has 1 saturated carbocycles. The Bertz CT molecular complexity index is 254. The summed E-state index contributed by atoms with van der Waals surface area (Å²) in [5, 5.41) is 13.7. The van der Waals surface area contributed by atoms with E-state index in [0.29, 0.717) is 12.0 Å². The average Bonchev–Trinajstić information content (AvgIpc) is 2.25. The third-order valence-corrected chi connectivity index (χ3v) is 3.82. The van der Waals surface area contributed by atoms with Crippen molar-refractivity contribution < 1.29 is 5.11 Å². The maximum absolute atomic E-state index is 10.4. The Kier molecular flexibility index (Phi) is 4.41. The lowest BCUT2D eigenvalue weighted by Crippen LogP contribution is -2.47. The molecule has 1 rings (SSSR count). The molecule has 92 valence electrons. The second-order valence-electron chi connectivity index (χ2n) is 5.90. The molecule has 1 aliphatic carbocycles. The van der Waals surface area contributed by atoms with Gasteiger partial charge in [0.1, 0.15) is 0 Å². The van der Waals surface area contributed by atoms with E-state index in [9.17, 15) is 5.11 Å². The maximum atomic E-state index is 10.4. The van der Waals surface area contributed by atoms with Crippen LogP contribution >= 0.6 is 0 Å². The van der Waals surface area contributed by atoms with Crippen molar-refractivity contribution in [1.29, 1.82) is 0 Å². The van der Waals surface area contributed by atoms with Gasteiger partial charge in [0.25, 0.3) is 0 Å². The zero-order valence-corrected chi connectivity index (χ0v) is 10.8. The van der Waals surface area contributed by atoms with Crippen LogP contribution in [0.25, 0.3) is 0 Å². The van der Waals surface area contributed by atoms with Crippen LogP contribution in [0.2, 0.25) is 0 Å². The summed E-state index contributed by atoms with van der Waals surface area (Å²) in [7, 11) is 0. The third-order valence-electron chi connectivity index (χ3n) is 3.82. The first-order valence-corrected chi connectivity index (χ1v) is 6.33. The van der Waals surface area contributed by atoms with Crippen molar-refractivity contribution >= 4 is 0 Å². The van der Waals surface area contributed by atoms with E-state index < -0.39 is 5.60 Å². The van der Waals surface area contributed by atoms with Crippen molar-refractivity contribution in [2.24, 2.45) is 5.41 Å². The van der Waals surface area contributed by atoms with Gasteiger partial charge in [0.05, 0.1) is 11.6 Å². The van der Waals surface area contributed by atoms with Gasteiger partial charge in [-0.2, -0.15) is 0 Å². The van der Waals surface area contributed by atoms with E-state index in [-0.39, 0.29) is 6.04 Å². The summed E-state index contributed by atoms with van der Waals surface area (Å²) in [6, 6.07) is 0.0963. The topological polar surface area (TPSA) is 32.3 Å². The fourth-order valence-electron chi connectivity index (χ4n) is 2.20. The van der Waals surface area contributed by atoms with Crippen molar-refractivity contribution in [3.05, 3.63) is 0 Å². The van der Waals surface area contributed by atoms with Gasteiger partial charge in [-0.05, 0) is 37.5 Å². The first-order chi connectivity index (χ1) is 7.41. The van der Waals surface area contributed by atoms with Crippen LogP contribution in [0.3, 0.4) is 0 Å². The van der Waals surface area contributed by atoms with Gasteiger partial charge >= 0.3 is 0 Å². The van der Waals surface area contributed by atoms with Gasteiger partial charge < -0.3 is 10.4 Å². The molecule has 0 aromatic carbocycles. The molecule has 0 saturated heterocycles. The number of hydrogen-bond donors (Lipinski definition) is 2. The quantitative estimate of drug-likeness (QED) is 0.717. The lowest BCUT2D eigenvalue weighted by Gasteiger charge is -2.40. The second-order valence-corrected chi connectivity index (χ2v) is 5.90. The molecule has 0 aliphatic heterocycles. The van der Waals surface area contributed by atoms with Crippen molar-refractivity contribution in [2.75, 3.05) is 6.54 Å². The van der Waals surface area contributed by atoms with Crippen LogP contribution in [0.5, 0.6) is 0 Å². The first-order valence-electron chi connectivity index (χ1n) is 6.33. The van der Waals surface area contributed by atoms with Gasteiger partial charge in [-0.1, -0.05) is 26.7 Å². The number of hydrogen-bond acceptors (Lipinski definition) is 2. The fourth-order valence-corrected chi connectivity index (χ4v) is 2.20. The van der Waals surface area contributed by atoms with Crippen LogP contribution in [0.1, 0.15) is 52.9 Å². The van der Waals surface area contributed by atoms with Gasteiger partial charge in [0, 0.05) is 6.54 Å². The largest absolute Gasteiger partial charge is 0.389 e. The summed E-state index contributed by atoms with van der Waals surface area (Å²) >= 11 is 0. The van der Waals surface area contributed by atoms with E-state index in [1.807, 2.05) is 0 Å². The Labute approximate surface area is 99.8 Å². The monoisotopic (exact) mass is 223 g/mol. The summed E-state index contributed by atoms with van der Waals surface area (Å²) in [6.45, 7) is 7.24. The van der Waals surface area contributed by atoms with Crippen LogP contribution in [-0.4, -0.2) is 23.3 Å². The van der Waals surface area contributed by atoms with Crippen LogP contribution in [0.4, 0.5) is 0 Å². The van der Waals surface area contributed by atoms with Crippen molar-refractivity contribution in [3.8, 4) is 12.3 Å². The zero-order chi connectivity index (χ0) is 12.2. The minimum Gasteiger partial charge on any atom is -0.389 e. The molecule has 0 aromatic heterocycles. The van der Waals surface area contributed by atoms with Gasteiger partial charge in [0.15, 0.2) is 0 Å². The molecular weight excluding hydrogens is 198 g/mol. The molecule has 16 heavy (non-hydrogen) atoms. The van der Waals surface area contributed by atoms with E-state index >= 15 is 0 Å². The molecule has 2 nitrogen and oxygen atoms in total. The Balaban J connectivity index is 2.40. The lowest BCUT2D eigenvalue weighted by molar-refractivity contribution is -0.0251.